The van der Waals surface area contributed by atoms with Crippen molar-refractivity contribution >= 4 is 5.91 Å². The Hall–Kier alpha value is -2.11. The van der Waals surface area contributed by atoms with Crippen LogP contribution in [-0.2, 0) is 19.4 Å². The van der Waals surface area contributed by atoms with Crippen molar-refractivity contribution in [2.75, 3.05) is 6.54 Å². The molecular formula is C17H23N5O. The number of H-pyrrole nitrogens is 1. The second-order valence-electron chi connectivity index (χ2n) is 6.59. The minimum absolute atomic E-state index is 0.120. The lowest BCUT2D eigenvalue weighted by Crippen LogP contribution is -2.44. The molecular weight excluding hydrogens is 290 g/mol. The van der Waals surface area contributed by atoms with E-state index in [4.69, 9.17) is 0 Å². The van der Waals surface area contributed by atoms with Crippen molar-refractivity contribution in [2.45, 2.75) is 57.5 Å². The van der Waals surface area contributed by atoms with Gasteiger partial charge >= 0.3 is 0 Å². The zero-order valence-corrected chi connectivity index (χ0v) is 13.4. The highest BCUT2D eigenvalue weighted by Crippen LogP contribution is 2.27. The molecule has 6 nitrogen and oxygen atoms in total. The topological polar surface area (TPSA) is 66.8 Å². The van der Waals surface area contributed by atoms with Gasteiger partial charge in [-0.1, -0.05) is 0 Å². The molecule has 0 radical (unpaired) electrons. The Morgan fingerprint density at radius 3 is 3.13 bits per heavy atom. The third-order valence-electron chi connectivity index (χ3n) is 5.15. The first kappa shape index (κ1) is 14.5. The normalized spacial score (nSPS) is 20.7. The highest BCUT2D eigenvalue weighted by Gasteiger charge is 2.31. The van der Waals surface area contributed by atoms with Crippen LogP contribution in [0.3, 0.4) is 0 Å². The smallest absolute Gasteiger partial charge is 0.274 e. The van der Waals surface area contributed by atoms with Crippen LogP contribution in [0.1, 0.15) is 53.8 Å². The number of hydrogen-bond acceptors (Lipinski definition) is 3. The summed E-state index contributed by atoms with van der Waals surface area (Å²) in [5.74, 6) is 0.120. The fourth-order valence-corrected chi connectivity index (χ4v) is 3.91. The molecule has 1 N–H and O–H groups in total. The fourth-order valence-electron chi connectivity index (χ4n) is 3.91. The molecule has 1 fully saturated rings. The van der Waals surface area contributed by atoms with Gasteiger partial charge in [-0.2, -0.15) is 10.2 Å². The van der Waals surface area contributed by atoms with Gasteiger partial charge in [-0.3, -0.25) is 14.6 Å². The van der Waals surface area contributed by atoms with Gasteiger partial charge in [0.25, 0.3) is 5.91 Å². The largest absolute Gasteiger partial charge is 0.334 e. The van der Waals surface area contributed by atoms with Crippen molar-refractivity contribution in [3.63, 3.8) is 0 Å². The van der Waals surface area contributed by atoms with Gasteiger partial charge in [-0.05, 0) is 51.0 Å². The van der Waals surface area contributed by atoms with Crippen molar-refractivity contribution in [2.24, 2.45) is 0 Å². The molecule has 1 aliphatic carbocycles. The highest BCUT2D eigenvalue weighted by atomic mass is 16.2. The Balaban J connectivity index is 1.49. The van der Waals surface area contributed by atoms with Crippen LogP contribution in [0.4, 0.5) is 0 Å². The number of nitrogens with zero attached hydrogens (tertiary/aromatic N) is 4. The first-order chi connectivity index (χ1) is 11.3. The lowest BCUT2D eigenvalue weighted by atomic mass is 9.98. The molecule has 0 aromatic carbocycles. The van der Waals surface area contributed by atoms with E-state index in [9.17, 15) is 4.79 Å². The van der Waals surface area contributed by atoms with Crippen LogP contribution in [0.25, 0.3) is 0 Å². The molecule has 2 aromatic heterocycles. The second kappa shape index (κ2) is 6.18. The van der Waals surface area contributed by atoms with Gasteiger partial charge in [0.2, 0.25) is 0 Å². The molecule has 0 bridgehead atoms. The monoisotopic (exact) mass is 313 g/mol. The Labute approximate surface area is 135 Å². The summed E-state index contributed by atoms with van der Waals surface area (Å²) in [6, 6.07) is 2.24. The molecule has 0 spiro atoms. The molecule has 1 amide bonds. The standard InChI is InChI=1S/C17H23N5O/c23-17(16-14-6-3-7-15(14)19-20-16)22-11-2-1-5-13(22)8-12-21-10-4-9-18-21/h4,9-10,13H,1-3,5-8,11-12H2,(H,19,20)/t13-/m0/s1. The number of piperidine rings is 1. The predicted molar refractivity (Wildman–Crippen MR) is 86.1 cm³/mol. The van der Waals surface area contributed by atoms with Crippen LogP contribution in [0.2, 0.25) is 0 Å². The van der Waals surface area contributed by atoms with Gasteiger partial charge in [0.05, 0.1) is 0 Å². The molecule has 0 saturated carbocycles. The number of aromatic amines is 1. The molecule has 1 atom stereocenters. The van der Waals surface area contributed by atoms with Gasteiger partial charge in [-0.25, -0.2) is 0 Å². The van der Waals surface area contributed by atoms with Gasteiger partial charge < -0.3 is 4.90 Å². The average molecular weight is 313 g/mol. The van der Waals surface area contributed by atoms with E-state index in [1.807, 2.05) is 16.9 Å². The third-order valence-corrected chi connectivity index (χ3v) is 5.15. The molecule has 1 aliphatic heterocycles. The Morgan fingerprint density at radius 1 is 1.30 bits per heavy atom. The van der Waals surface area contributed by atoms with Crippen LogP contribution in [0, 0.1) is 0 Å². The third kappa shape index (κ3) is 2.78. The molecule has 2 aromatic rings. The zero-order valence-electron chi connectivity index (χ0n) is 13.4. The number of nitrogens with one attached hydrogen (secondary N) is 1. The first-order valence-electron chi connectivity index (χ1n) is 8.67. The number of hydrogen-bond donors (Lipinski definition) is 1. The van der Waals surface area contributed by atoms with E-state index < -0.39 is 0 Å². The van der Waals surface area contributed by atoms with E-state index in [-0.39, 0.29) is 5.91 Å². The van der Waals surface area contributed by atoms with E-state index in [0.29, 0.717) is 11.7 Å². The lowest BCUT2D eigenvalue weighted by molar-refractivity contribution is 0.0586. The quantitative estimate of drug-likeness (QED) is 0.941. The number of fused-ring (bicyclic) bond motifs is 1. The van der Waals surface area contributed by atoms with Crippen LogP contribution in [-0.4, -0.2) is 43.4 Å². The van der Waals surface area contributed by atoms with E-state index >= 15 is 0 Å². The summed E-state index contributed by atoms with van der Waals surface area (Å²) in [6.07, 6.45) is 11.3. The van der Waals surface area contributed by atoms with Gasteiger partial charge in [0.15, 0.2) is 5.69 Å². The Bertz CT molecular complexity index is 675. The predicted octanol–water partition coefficient (Wildman–Crippen LogP) is 2.18. The number of carbonyl (C=O) groups is 1. The van der Waals surface area contributed by atoms with Crippen LogP contribution in [0.15, 0.2) is 18.5 Å². The number of likely N-dealkylation sites (tertiary alicyclic amines) is 1. The number of amides is 1. The average Bonchev–Trinajstić information content (AvgIpc) is 3.30. The fraction of sp³-hybridized carbons (Fsp3) is 0.588. The van der Waals surface area contributed by atoms with Crippen LogP contribution >= 0.6 is 0 Å². The maximum atomic E-state index is 13.0. The summed E-state index contributed by atoms with van der Waals surface area (Å²) < 4.78 is 1.95. The molecule has 122 valence electrons. The van der Waals surface area contributed by atoms with E-state index in [1.165, 1.54) is 12.1 Å². The SMILES string of the molecule is O=C(c1n[nH]c2c1CCC2)N1CCCC[C@H]1CCn1cccn1. The number of aromatic nitrogens is 4. The number of carbonyl (C=O) groups excluding carboxylic acids is 1. The zero-order chi connectivity index (χ0) is 15.6. The maximum Gasteiger partial charge on any atom is 0.274 e. The van der Waals surface area contributed by atoms with Crippen molar-refractivity contribution < 1.29 is 4.79 Å². The van der Waals surface area contributed by atoms with Crippen molar-refractivity contribution in [3.8, 4) is 0 Å². The van der Waals surface area contributed by atoms with Crippen molar-refractivity contribution in [1.29, 1.82) is 0 Å². The summed E-state index contributed by atoms with van der Waals surface area (Å²) in [4.78, 5) is 15.1. The lowest BCUT2D eigenvalue weighted by Gasteiger charge is -2.35. The van der Waals surface area contributed by atoms with E-state index in [0.717, 1.165) is 57.2 Å². The van der Waals surface area contributed by atoms with E-state index in [1.54, 1.807) is 6.20 Å². The molecule has 23 heavy (non-hydrogen) atoms. The minimum atomic E-state index is 0.120. The first-order valence-corrected chi connectivity index (χ1v) is 8.67. The number of aryl methyl sites for hydroxylation is 2. The molecule has 2 aliphatic rings. The summed E-state index contributed by atoms with van der Waals surface area (Å²) >= 11 is 0. The highest BCUT2D eigenvalue weighted by molar-refractivity contribution is 5.94. The summed E-state index contributed by atoms with van der Waals surface area (Å²) in [5.41, 5.74) is 2.99. The molecule has 4 rings (SSSR count). The second-order valence-corrected chi connectivity index (χ2v) is 6.59. The summed E-state index contributed by atoms with van der Waals surface area (Å²) in [5, 5.41) is 11.7. The van der Waals surface area contributed by atoms with Crippen LogP contribution in [0.5, 0.6) is 0 Å². The molecule has 6 heteroatoms. The minimum Gasteiger partial charge on any atom is -0.334 e. The van der Waals surface area contributed by atoms with Crippen LogP contribution < -0.4 is 0 Å². The molecule has 1 saturated heterocycles. The molecule has 3 heterocycles. The van der Waals surface area contributed by atoms with E-state index in [2.05, 4.69) is 20.2 Å². The van der Waals surface area contributed by atoms with Gasteiger partial charge in [0, 0.05) is 42.8 Å². The Morgan fingerprint density at radius 2 is 2.26 bits per heavy atom. The Kier molecular flexibility index (Phi) is 3.89. The van der Waals surface area contributed by atoms with Crippen molar-refractivity contribution in [1.82, 2.24) is 24.9 Å². The van der Waals surface area contributed by atoms with Crippen molar-refractivity contribution in [3.05, 3.63) is 35.4 Å². The maximum absolute atomic E-state index is 13.0. The summed E-state index contributed by atoms with van der Waals surface area (Å²) in [7, 11) is 0. The van der Waals surface area contributed by atoms with Gasteiger partial charge in [0.1, 0.15) is 0 Å². The number of rotatable bonds is 4. The molecule has 0 unspecified atom stereocenters. The summed E-state index contributed by atoms with van der Waals surface area (Å²) in [6.45, 7) is 1.71. The van der Waals surface area contributed by atoms with Gasteiger partial charge in [-0.15, -0.1) is 0 Å².